The van der Waals surface area contributed by atoms with Crippen LogP contribution in [-0.2, 0) is 27.7 Å². The first-order valence-corrected chi connectivity index (χ1v) is 13.1. The molecule has 1 aliphatic heterocycles. The number of esters is 1. The number of hydrogen-bond donors (Lipinski definition) is 2. The summed E-state index contributed by atoms with van der Waals surface area (Å²) in [5.41, 5.74) is 2.94. The van der Waals surface area contributed by atoms with Crippen molar-refractivity contribution in [2.24, 2.45) is 23.9 Å². The molecule has 1 aliphatic rings. The smallest absolute Gasteiger partial charge is 0.419 e. The molecule has 2 aromatic heterocycles. The second kappa shape index (κ2) is 12.3. The van der Waals surface area contributed by atoms with Gasteiger partial charge in [0.1, 0.15) is 5.52 Å². The van der Waals surface area contributed by atoms with E-state index in [9.17, 15) is 14.7 Å². The minimum Gasteiger partial charge on any atom is -0.425 e. The quantitative estimate of drug-likeness (QED) is 0.285. The fraction of sp³-hybridized carbons (Fsp3) is 0.440. The van der Waals surface area contributed by atoms with Crippen molar-refractivity contribution in [2.45, 2.75) is 33.0 Å². The molecule has 1 unspecified atom stereocenters. The summed E-state index contributed by atoms with van der Waals surface area (Å²) in [5, 5.41) is 13.1. The van der Waals surface area contributed by atoms with Crippen LogP contribution in [0, 0.1) is 11.8 Å². The molecule has 202 valence electrons. The van der Waals surface area contributed by atoms with Gasteiger partial charge in [-0.3, -0.25) is 19.8 Å². The predicted molar refractivity (Wildman–Crippen MR) is 143 cm³/mol. The summed E-state index contributed by atoms with van der Waals surface area (Å²) >= 11 is 3.54. The standard InChI is InChI=1S/C25H30BrN7O5/c1-4-18(16(13-34)11-17-12-27-14-32(17)3)23(35)37-15(2)38-25(36)33-10-9-30-24(33)31-19-5-6-20-22(21(19)26)29-8-7-28-20/h5-8,12,14-16,18,34H,4,9-11,13H2,1-3H3,(H,30,31)/t15?,16-,18-/m0/s1. The number of amides is 1. The number of halogens is 1. The largest absolute Gasteiger partial charge is 0.425 e. The summed E-state index contributed by atoms with van der Waals surface area (Å²) in [4.78, 5) is 44.3. The number of aliphatic hydroxyl groups excluding tert-OH is 1. The lowest BCUT2D eigenvalue weighted by atomic mass is 9.87. The number of aromatic nitrogens is 4. The van der Waals surface area contributed by atoms with Crippen molar-refractivity contribution in [2.75, 3.05) is 25.0 Å². The van der Waals surface area contributed by atoms with Crippen LogP contribution in [0.2, 0.25) is 0 Å². The number of benzene rings is 1. The fourth-order valence-corrected chi connectivity index (χ4v) is 4.85. The van der Waals surface area contributed by atoms with Crippen molar-refractivity contribution in [1.82, 2.24) is 24.4 Å². The highest BCUT2D eigenvalue weighted by atomic mass is 79.9. The zero-order valence-electron chi connectivity index (χ0n) is 21.4. The van der Waals surface area contributed by atoms with Crippen molar-refractivity contribution in [3.8, 4) is 0 Å². The molecule has 1 amide bonds. The van der Waals surface area contributed by atoms with Gasteiger partial charge in [0.15, 0.2) is 0 Å². The summed E-state index contributed by atoms with van der Waals surface area (Å²) in [7, 11) is 1.86. The Balaban J connectivity index is 1.36. The average Bonchev–Trinajstić information content (AvgIpc) is 3.54. The molecule has 3 heterocycles. The Hall–Kier alpha value is -3.58. The van der Waals surface area contributed by atoms with Crippen LogP contribution in [0.15, 0.2) is 46.5 Å². The molecule has 0 bridgehead atoms. The SMILES string of the molecule is CC[C@H](C(=O)OC(C)OC(=O)N1CCN=C1Nc1ccc2nccnc2c1Br)[C@H](CO)Cc1cncn1C. The molecule has 3 aromatic rings. The summed E-state index contributed by atoms with van der Waals surface area (Å²) in [5.74, 6) is -1.17. The molecule has 0 aliphatic carbocycles. The summed E-state index contributed by atoms with van der Waals surface area (Å²) in [6.07, 6.45) is 5.67. The van der Waals surface area contributed by atoms with Gasteiger partial charge in [-0.25, -0.2) is 14.7 Å². The summed E-state index contributed by atoms with van der Waals surface area (Å²) in [6, 6.07) is 3.62. The topological polar surface area (TPSA) is 144 Å². The van der Waals surface area contributed by atoms with Crippen molar-refractivity contribution < 1.29 is 24.2 Å². The number of aryl methyl sites for hydroxylation is 1. The number of nitrogens with one attached hydrogen (secondary N) is 1. The number of aliphatic imine (C=N–C) groups is 1. The number of guanidine groups is 1. The van der Waals surface area contributed by atoms with E-state index >= 15 is 0 Å². The zero-order valence-corrected chi connectivity index (χ0v) is 23.0. The molecule has 13 heteroatoms. The van der Waals surface area contributed by atoms with Crippen LogP contribution >= 0.6 is 15.9 Å². The highest BCUT2D eigenvalue weighted by Gasteiger charge is 2.32. The van der Waals surface area contributed by atoms with Gasteiger partial charge in [0.2, 0.25) is 12.2 Å². The highest BCUT2D eigenvalue weighted by Crippen LogP contribution is 2.29. The second-order valence-corrected chi connectivity index (χ2v) is 9.67. The molecule has 0 spiro atoms. The van der Waals surface area contributed by atoms with E-state index in [-0.39, 0.29) is 12.5 Å². The normalized spacial score (nSPS) is 15.6. The predicted octanol–water partition coefficient (Wildman–Crippen LogP) is 3.11. The Kier molecular flexibility index (Phi) is 8.89. The molecule has 4 rings (SSSR count). The van der Waals surface area contributed by atoms with Crippen LogP contribution in [0.25, 0.3) is 11.0 Å². The molecule has 0 saturated heterocycles. The van der Waals surface area contributed by atoms with Crippen LogP contribution in [0.3, 0.4) is 0 Å². The van der Waals surface area contributed by atoms with E-state index < -0.39 is 24.3 Å². The number of anilines is 1. The van der Waals surface area contributed by atoms with E-state index in [1.807, 2.05) is 30.7 Å². The van der Waals surface area contributed by atoms with E-state index in [0.29, 0.717) is 47.6 Å². The van der Waals surface area contributed by atoms with Crippen molar-refractivity contribution in [1.29, 1.82) is 0 Å². The lowest BCUT2D eigenvalue weighted by Gasteiger charge is -2.26. The first kappa shape index (κ1) is 27.5. The van der Waals surface area contributed by atoms with Crippen LogP contribution in [0.4, 0.5) is 10.5 Å². The number of carbonyl (C=O) groups is 2. The summed E-state index contributed by atoms with van der Waals surface area (Å²) in [6.45, 7) is 3.84. The lowest BCUT2D eigenvalue weighted by Crippen LogP contribution is -2.41. The molecule has 2 N–H and O–H groups in total. The molecule has 0 saturated carbocycles. The monoisotopic (exact) mass is 587 g/mol. The molecular formula is C25H30BrN7O5. The van der Waals surface area contributed by atoms with Crippen molar-refractivity contribution in [3.05, 3.63) is 47.2 Å². The second-order valence-electron chi connectivity index (χ2n) is 8.88. The lowest BCUT2D eigenvalue weighted by molar-refractivity contribution is -0.173. The zero-order chi connectivity index (χ0) is 27.2. The van der Waals surface area contributed by atoms with E-state index in [4.69, 9.17) is 9.47 Å². The van der Waals surface area contributed by atoms with Gasteiger partial charge in [-0.15, -0.1) is 0 Å². The number of hydrogen-bond acceptors (Lipinski definition) is 10. The van der Waals surface area contributed by atoms with Gasteiger partial charge in [0, 0.05) is 50.8 Å². The van der Waals surface area contributed by atoms with E-state index in [1.54, 1.807) is 24.9 Å². The molecule has 0 fully saturated rings. The van der Waals surface area contributed by atoms with E-state index in [0.717, 1.165) is 11.2 Å². The van der Waals surface area contributed by atoms with Gasteiger partial charge < -0.3 is 24.5 Å². The van der Waals surface area contributed by atoms with Gasteiger partial charge in [-0.1, -0.05) is 6.92 Å². The fourth-order valence-electron chi connectivity index (χ4n) is 4.31. The van der Waals surface area contributed by atoms with Crippen molar-refractivity contribution >= 4 is 50.7 Å². The molecular weight excluding hydrogens is 558 g/mol. The number of ether oxygens (including phenoxy) is 2. The highest BCUT2D eigenvalue weighted by molar-refractivity contribution is 9.10. The maximum atomic E-state index is 12.9. The first-order chi connectivity index (χ1) is 18.3. The van der Waals surface area contributed by atoms with Gasteiger partial charge in [0.25, 0.3) is 0 Å². The van der Waals surface area contributed by atoms with Crippen LogP contribution in [0.5, 0.6) is 0 Å². The maximum absolute atomic E-state index is 12.9. The number of carbonyl (C=O) groups excluding carboxylic acids is 2. The van der Waals surface area contributed by atoms with Crippen LogP contribution in [-0.4, -0.2) is 73.5 Å². The molecule has 0 radical (unpaired) electrons. The first-order valence-electron chi connectivity index (χ1n) is 12.3. The van der Waals surface area contributed by atoms with Gasteiger partial charge in [-0.05, 0) is 40.9 Å². The Bertz CT molecular complexity index is 1330. The number of fused-ring (bicyclic) bond motifs is 1. The minimum atomic E-state index is -1.13. The molecule has 3 atom stereocenters. The van der Waals surface area contributed by atoms with E-state index in [2.05, 4.69) is 41.2 Å². The van der Waals surface area contributed by atoms with Crippen molar-refractivity contribution in [3.63, 3.8) is 0 Å². The van der Waals surface area contributed by atoms with Gasteiger partial charge >= 0.3 is 12.1 Å². The number of aliphatic hydroxyl groups is 1. The molecule has 12 nitrogen and oxygen atoms in total. The number of nitrogens with zero attached hydrogens (tertiary/aromatic N) is 6. The third-order valence-corrected chi connectivity index (χ3v) is 7.17. The van der Waals surface area contributed by atoms with Gasteiger partial charge in [0.05, 0.1) is 41.0 Å². The average molecular weight is 588 g/mol. The maximum Gasteiger partial charge on any atom is 0.419 e. The number of rotatable bonds is 9. The van der Waals surface area contributed by atoms with Gasteiger partial charge in [-0.2, -0.15) is 0 Å². The van der Waals surface area contributed by atoms with Crippen LogP contribution in [0.1, 0.15) is 26.0 Å². The third-order valence-electron chi connectivity index (χ3n) is 6.37. The van der Waals surface area contributed by atoms with E-state index in [1.165, 1.54) is 11.8 Å². The Labute approximate surface area is 228 Å². The number of imidazole rings is 1. The molecule has 1 aromatic carbocycles. The molecule has 38 heavy (non-hydrogen) atoms. The Morgan fingerprint density at radius 2 is 2.03 bits per heavy atom. The third kappa shape index (κ3) is 6.10. The minimum absolute atomic E-state index is 0.192. The van der Waals surface area contributed by atoms with Crippen LogP contribution < -0.4 is 5.32 Å². The Morgan fingerprint density at radius 3 is 2.74 bits per heavy atom. The summed E-state index contributed by atoms with van der Waals surface area (Å²) < 4.78 is 13.4. The Morgan fingerprint density at radius 1 is 1.24 bits per heavy atom.